The van der Waals surface area contributed by atoms with E-state index < -0.39 is 0 Å². The fraction of sp³-hybridized carbons (Fsp3) is 0.0625. The van der Waals surface area contributed by atoms with Gasteiger partial charge >= 0.3 is 0 Å². The van der Waals surface area contributed by atoms with Gasteiger partial charge in [-0.15, -0.1) is 0 Å². The summed E-state index contributed by atoms with van der Waals surface area (Å²) in [6.45, 7) is 2.04. The number of carbonyl (C=O) groups excluding carboxylic acids is 1. The van der Waals surface area contributed by atoms with Crippen molar-refractivity contribution in [1.82, 2.24) is 4.98 Å². The Kier molecular flexibility index (Phi) is 3.69. The van der Waals surface area contributed by atoms with Crippen molar-refractivity contribution in [3.05, 3.63) is 67.3 Å². The third-order valence-corrected chi connectivity index (χ3v) is 4.62. The van der Waals surface area contributed by atoms with Crippen molar-refractivity contribution in [1.29, 1.82) is 0 Å². The average Bonchev–Trinajstić information content (AvgIpc) is 2.83. The molecule has 0 saturated carbocycles. The molecule has 2 nitrogen and oxygen atoms in total. The van der Waals surface area contributed by atoms with E-state index >= 15 is 0 Å². The van der Waals surface area contributed by atoms with Crippen LogP contribution in [0.4, 0.5) is 0 Å². The zero-order chi connectivity index (χ0) is 14.3. The predicted octanol–water partition coefficient (Wildman–Crippen LogP) is 5.07. The molecule has 1 heterocycles. The Morgan fingerprint density at radius 2 is 1.95 bits per heavy atom. The molecule has 0 aliphatic heterocycles. The summed E-state index contributed by atoms with van der Waals surface area (Å²) in [5.41, 5.74) is 3.57. The van der Waals surface area contributed by atoms with Crippen molar-refractivity contribution in [3.8, 4) is 0 Å². The molecule has 20 heavy (non-hydrogen) atoms. The quantitative estimate of drug-likeness (QED) is 0.438. The van der Waals surface area contributed by atoms with Crippen molar-refractivity contribution in [2.75, 3.05) is 0 Å². The van der Waals surface area contributed by atoms with Gasteiger partial charge in [-0.25, -0.2) is 0 Å². The lowest BCUT2D eigenvalue weighted by molar-refractivity contribution is 0.103. The van der Waals surface area contributed by atoms with Crippen LogP contribution in [0.5, 0.6) is 0 Å². The lowest BCUT2D eigenvalue weighted by atomic mass is 10.0. The van der Waals surface area contributed by atoms with E-state index in [1.54, 1.807) is 6.20 Å². The van der Waals surface area contributed by atoms with Gasteiger partial charge in [0, 0.05) is 36.3 Å². The number of rotatable bonds is 2. The van der Waals surface area contributed by atoms with Crippen LogP contribution in [0.25, 0.3) is 10.9 Å². The minimum absolute atomic E-state index is 0.0329. The van der Waals surface area contributed by atoms with Crippen LogP contribution in [-0.2, 0) is 0 Å². The Bertz CT molecular complexity index is 822. The Labute approximate surface area is 138 Å². The molecule has 3 aromatic rings. The molecule has 0 aliphatic carbocycles. The number of nitrogens with one attached hydrogen (secondary N) is 1. The number of halogens is 2. The maximum Gasteiger partial charge on any atom is 0.196 e. The zero-order valence-corrected chi connectivity index (χ0v) is 14.4. The molecule has 100 valence electrons. The second kappa shape index (κ2) is 5.33. The minimum Gasteiger partial charge on any atom is -0.360 e. The highest BCUT2D eigenvalue weighted by Gasteiger charge is 2.17. The number of aromatic amines is 1. The Hall–Kier alpha value is -1.14. The van der Waals surface area contributed by atoms with Crippen LogP contribution < -0.4 is 0 Å². The van der Waals surface area contributed by atoms with E-state index in [0.29, 0.717) is 11.1 Å². The first-order valence-electron chi connectivity index (χ1n) is 6.14. The lowest BCUT2D eigenvalue weighted by Gasteiger charge is -2.04. The minimum atomic E-state index is 0.0329. The van der Waals surface area contributed by atoms with Crippen molar-refractivity contribution in [3.63, 3.8) is 0 Å². The second-order valence-electron chi connectivity index (χ2n) is 4.70. The smallest absolute Gasteiger partial charge is 0.196 e. The van der Waals surface area contributed by atoms with Crippen LogP contribution in [0.3, 0.4) is 0 Å². The maximum atomic E-state index is 12.7. The fourth-order valence-electron chi connectivity index (χ4n) is 2.24. The van der Waals surface area contributed by atoms with Gasteiger partial charge < -0.3 is 4.98 Å². The lowest BCUT2D eigenvalue weighted by Crippen LogP contribution is -2.02. The van der Waals surface area contributed by atoms with Crippen LogP contribution in [-0.4, -0.2) is 10.8 Å². The number of fused-ring (bicyclic) bond motifs is 1. The van der Waals surface area contributed by atoms with Gasteiger partial charge in [0.1, 0.15) is 0 Å². The van der Waals surface area contributed by atoms with Crippen molar-refractivity contribution in [2.24, 2.45) is 0 Å². The molecule has 0 aliphatic rings. The van der Waals surface area contributed by atoms with Crippen LogP contribution in [0, 0.1) is 10.5 Å². The normalized spacial score (nSPS) is 10.9. The van der Waals surface area contributed by atoms with E-state index in [1.807, 2.05) is 37.3 Å². The number of carbonyl (C=O) groups is 1. The number of aromatic nitrogens is 1. The van der Waals surface area contributed by atoms with Crippen LogP contribution in [0.2, 0.25) is 0 Å². The SMILES string of the molecule is Cc1ccc2c(C(=O)c3cc(I)ccc3Br)c[nH]c2c1. The Balaban J connectivity index is 2.15. The highest BCUT2D eigenvalue weighted by molar-refractivity contribution is 14.1. The topological polar surface area (TPSA) is 32.9 Å². The first-order chi connectivity index (χ1) is 9.56. The summed E-state index contributed by atoms with van der Waals surface area (Å²) in [7, 11) is 0. The molecule has 2 aromatic carbocycles. The first kappa shape index (κ1) is 13.8. The standard InChI is InChI=1S/C16H11BrINO/c1-9-2-4-11-13(8-19-15(11)6-9)16(20)12-7-10(18)3-5-14(12)17/h2-8,19H,1H3. The molecule has 0 fully saturated rings. The number of hydrogen-bond acceptors (Lipinski definition) is 1. The van der Waals surface area contributed by atoms with Gasteiger partial charge in [0.2, 0.25) is 0 Å². The Morgan fingerprint density at radius 3 is 2.75 bits per heavy atom. The second-order valence-corrected chi connectivity index (χ2v) is 6.80. The van der Waals surface area contributed by atoms with Crippen molar-refractivity contribution in [2.45, 2.75) is 6.92 Å². The number of benzene rings is 2. The van der Waals surface area contributed by atoms with Crippen molar-refractivity contribution >= 4 is 55.2 Å². The molecular weight excluding hydrogens is 429 g/mol. The van der Waals surface area contributed by atoms with Gasteiger partial charge in [-0.1, -0.05) is 28.1 Å². The molecule has 3 rings (SSSR count). The molecule has 0 atom stereocenters. The Morgan fingerprint density at radius 1 is 1.15 bits per heavy atom. The highest BCUT2D eigenvalue weighted by Crippen LogP contribution is 2.26. The summed E-state index contributed by atoms with van der Waals surface area (Å²) in [6, 6.07) is 11.9. The highest BCUT2D eigenvalue weighted by atomic mass is 127. The largest absolute Gasteiger partial charge is 0.360 e. The molecule has 0 radical (unpaired) electrons. The molecule has 0 bridgehead atoms. The van der Waals surface area contributed by atoms with E-state index in [0.717, 1.165) is 18.9 Å². The summed E-state index contributed by atoms with van der Waals surface area (Å²) >= 11 is 5.67. The van der Waals surface area contributed by atoms with E-state index in [4.69, 9.17) is 0 Å². The molecule has 4 heteroatoms. The summed E-state index contributed by atoms with van der Waals surface area (Å²) in [4.78, 5) is 15.9. The molecule has 0 unspecified atom stereocenters. The van der Waals surface area contributed by atoms with Crippen LogP contribution >= 0.6 is 38.5 Å². The number of ketones is 1. The van der Waals surface area contributed by atoms with Gasteiger partial charge in [0.25, 0.3) is 0 Å². The maximum absolute atomic E-state index is 12.7. The van der Waals surface area contributed by atoms with Crippen LogP contribution in [0.1, 0.15) is 21.5 Å². The number of H-pyrrole nitrogens is 1. The summed E-state index contributed by atoms with van der Waals surface area (Å²) in [5.74, 6) is 0.0329. The van der Waals surface area contributed by atoms with Crippen LogP contribution in [0.15, 0.2) is 47.1 Å². The average molecular weight is 440 g/mol. The third-order valence-electron chi connectivity index (χ3n) is 3.25. The predicted molar refractivity (Wildman–Crippen MR) is 93.3 cm³/mol. The summed E-state index contributed by atoms with van der Waals surface area (Å²) < 4.78 is 1.87. The zero-order valence-electron chi connectivity index (χ0n) is 10.7. The van der Waals surface area contributed by atoms with E-state index in [9.17, 15) is 4.79 Å². The monoisotopic (exact) mass is 439 g/mol. The third kappa shape index (κ3) is 2.42. The van der Waals surface area contributed by atoms with Gasteiger partial charge in [0.15, 0.2) is 5.78 Å². The van der Waals surface area contributed by atoms with Gasteiger partial charge in [-0.3, -0.25) is 4.79 Å². The van der Waals surface area contributed by atoms with E-state index in [1.165, 1.54) is 5.56 Å². The van der Waals surface area contributed by atoms with E-state index in [2.05, 4.69) is 49.6 Å². The number of aryl methyl sites for hydroxylation is 1. The molecule has 0 spiro atoms. The van der Waals surface area contributed by atoms with E-state index in [-0.39, 0.29) is 5.78 Å². The fourth-order valence-corrected chi connectivity index (χ4v) is 3.16. The molecule has 1 aromatic heterocycles. The molecule has 0 amide bonds. The molecule has 1 N–H and O–H groups in total. The summed E-state index contributed by atoms with van der Waals surface area (Å²) in [6.07, 6.45) is 1.79. The van der Waals surface area contributed by atoms with Gasteiger partial charge in [0.05, 0.1) is 0 Å². The number of hydrogen-bond donors (Lipinski definition) is 1. The molecular formula is C16H11BrINO. The van der Waals surface area contributed by atoms with Crippen molar-refractivity contribution < 1.29 is 4.79 Å². The first-order valence-corrected chi connectivity index (χ1v) is 8.01. The molecule has 0 saturated heterocycles. The summed E-state index contributed by atoms with van der Waals surface area (Å²) in [5, 5.41) is 0.964. The van der Waals surface area contributed by atoms with Gasteiger partial charge in [-0.05, 0) is 59.3 Å². The van der Waals surface area contributed by atoms with Gasteiger partial charge in [-0.2, -0.15) is 0 Å².